The van der Waals surface area contributed by atoms with Crippen LogP contribution in [0.5, 0.6) is 17.2 Å². The fourth-order valence-electron chi connectivity index (χ4n) is 12.3. The Morgan fingerprint density at radius 2 is 0.990 bits per heavy atom. The Bertz CT molecular complexity index is 4810. The molecule has 0 atom stereocenters. The van der Waals surface area contributed by atoms with E-state index >= 15 is 0 Å². The number of hydrogen-bond donors (Lipinski definition) is 8. The zero-order valence-corrected chi connectivity index (χ0v) is 56.7. The lowest BCUT2D eigenvalue weighted by Gasteiger charge is -2.46. The molecule has 0 aromatic heterocycles. The number of halogens is 9. The van der Waals surface area contributed by atoms with E-state index in [0.717, 1.165) is 52.7 Å². The van der Waals surface area contributed by atoms with Crippen LogP contribution in [-0.4, -0.2) is 93.7 Å². The van der Waals surface area contributed by atoms with Gasteiger partial charge in [0.15, 0.2) is 0 Å². The summed E-state index contributed by atoms with van der Waals surface area (Å²) in [6.07, 6.45) is -6.15. The van der Waals surface area contributed by atoms with Crippen LogP contribution in [0.2, 0.25) is 0 Å². The Balaban J connectivity index is 0.000000153. The first kappa shape index (κ1) is 73.0. The number of fused-ring (bicyclic) bond motifs is 6. The van der Waals surface area contributed by atoms with Crippen molar-refractivity contribution >= 4 is 99.2 Å². The van der Waals surface area contributed by atoms with Gasteiger partial charge in [0.1, 0.15) is 34.1 Å². The van der Waals surface area contributed by atoms with Crippen LogP contribution in [0.3, 0.4) is 0 Å². The van der Waals surface area contributed by atoms with E-state index in [1.165, 1.54) is 59.9 Å². The Kier molecular flexibility index (Phi) is 19.5. The molecule has 6 aromatic carbocycles. The molecule has 1 fully saturated rings. The summed E-state index contributed by atoms with van der Waals surface area (Å²) in [5.74, 6) is -1.24. The number of benzene rings is 6. The molecule has 22 nitrogen and oxygen atoms in total. The third-order valence-corrected chi connectivity index (χ3v) is 21.1. The van der Waals surface area contributed by atoms with Crippen molar-refractivity contribution in [2.24, 2.45) is 0 Å². The molecule has 6 heterocycles. The molecular weight excluding hydrogens is 1410 g/mol. The fraction of sp³-hybridized carbons (Fsp3) is 0.328. The van der Waals surface area contributed by atoms with Gasteiger partial charge in [-0.25, -0.2) is 0 Å². The standard InChI is InChI=1S/C23H24F3N3O5S.C22H20F3N3O4S.C22H22F3N3O4S/c1-22(2)12-15(18-6-4-16(23(24,25)26)10-20(18)34-22)9-21(31)27-17-5-3-14-13-29(7-8-30)35(32,33)28-19(14)11-17;23-22(24,25)14-5-6-15-13(11-21(7-2-8-21)32-19(15)10-14)9-20(29)27-17-3-1-4-18-16(17)12-26-33(30,31)28-18;1-21(2)11-14(17-7-5-15(22(23,24)25)9-19(17)32-21)8-20(29)26-16-6-4-13-12-28(3)33(30,31)27-18(13)10-16/h3-6,9-11,28,30H,7-8,12-13H2,1-2H3,(H,27,31);1,3-6,9-10,26,28H,2,7-8,11-12H2,(H,27,29);4-10,27H,11-12H2,1-3H3,(H,26,29)/b15-9+;13-9+;14-8+. The lowest BCUT2D eigenvalue weighted by molar-refractivity contribution is -0.138. The van der Waals surface area contributed by atoms with E-state index in [1.54, 1.807) is 70.2 Å². The van der Waals surface area contributed by atoms with Gasteiger partial charge in [-0.05, 0) is 148 Å². The number of β-amino-alcohol motifs (C(OH)–C–C–N with tert-alkyl or cyclic N) is 1. The van der Waals surface area contributed by atoms with Gasteiger partial charge < -0.3 is 35.3 Å². The number of rotatable bonds is 8. The first-order valence-corrected chi connectivity index (χ1v) is 35.5. The number of amides is 3. The summed E-state index contributed by atoms with van der Waals surface area (Å²) in [5.41, 5.74) is 2.43. The van der Waals surface area contributed by atoms with Crippen molar-refractivity contribution in [2.45, 2.75) is 121 Å². The van der Waals surface area contributed by atoms with Crippen LogP contribution in [0.4, 0.5) is 73.6 Å². The number of ether oxygens (including phenoxy) is 3. The summed E-state index contributed by atoms with van der Waals surface area (Å²) in [5, 5.41) is 17.2. The average molecular weight is 1470 g/mol. The molecule has 7 aliphatic rings. The van der Waals surface area contributed by atoms with Gasteiger partial charge >= 0.3 is 38.9 Å². The summed E-state index contributed by atoms with van der Waals surface area (Å²) in [4.78, 5) is 38.4. The maximum atomic E-state index is 13.2. The monoisotopic (exact) mass is 1470 g/mol. The van der Waals surface area contributed by atoms with Crippen LogP contribution in [0.1, 0.15) is 116 Å². The van der Waals surface area contributed by atoms with Gasteiger partial charge in [-0.3, -0.25) is 28.5 Å². The van der Waals surface area contributed by atoms with Crippen molar-refractivity contribution in [3.63, 3.8) is 0 Å². The maximum absolute atomic E-state index is 13.2. The number of aliphatic hydroxyl groups is 1. The summed E-state index contributed by atoms with van der Waals surface area (Å²) < 4.78 is 220. The van der Waals surface area contributed by atoms with E-state index in [2.05, 4.69) is 34.8 Å². The lowest BCUT2D eigenvalue weighted by atomic mass is 9.72. The largest absolute Gasteiger partial charge is 0.487 e. The minimum atomic E-state index is -4.52. The molecule has 1 saturated carbocycles. The van der Waals surface area contributed by atoms with Gasteiger partial charge in [0.2, 0.25) is 17.7 Å². The number of anilines is 6. The van der Waals surface area contributed by atoms with E-state index in [9.17, 15) is 79.2 Å². The number of nitrogens with one attached hydrogen (secondary N) is 7. The lowest BCUT2D eigenvalue weighted by Crippen LogP contribution is -2.45. The molecule has 1 aliphatic carbocycles. The van der Waals surface area contributed by atoms with Crippen LogP contribution in [-0.2, 0) is 83.2 Å². The minimum absolute atomic E-state index is 0.0116. The number of alkyl halides is 9. The summed E-state index contributed by atoms with van der Waals surface area (Å²) in [7, 11) is -9.64. The van der Waals surface area contributed by atoms with Gasteiger partial charge in [0.05, 0.1) is 40.4 Å². The predicted octanol–water partition coefficient (Wildman–Crippen LogP) is 12.3. The molecule has 13 rings (SSSR count). The molecule has 3 amide bonds. The summed E-state index contributed by atoms with van der Waals surface area (Å²) >= 11 is 0. The van der Waals surface area contributed by atoms with Crippen molar-refractivity contribution in [3.05, 3.63) is 177 Å². The molecular formula is C67H66F9N9O13S3. The second-order valence-corrected chi connectivity index (χ2v) is 31.0. The fourth-order valence-corrected chi connectivity index (χ4v) is 15.4. The third kappa shape index (κ3) is 16.9. The van der Waals surface area contributed by atoms with Gasteiger partial charge in [0, 0.05) is 110 Å². The molecule has 0 bridgehead atoms. The quantitative estimate of drug-likeness (QED) is 0.0520. The highest BCUT2D eigenvalue weighted by atomic mass is 32.2. The molecule has 6 aliphatic heterocycles. The van der Waals surface area contributed by atoms with Crippen molar-refractivity contribution < 1.29 is 98.5 Å². The molecule has 1 spiro atoms. The topological polar surface area (TPSA) is 292 Å². The van der Waals surface area contributed by atoms with Gasteiger partial charge in [-0.1, -0.05) is 36.4 Å². The maximum Gasteiger partial charge on any atom is 0.416 e. The molecule has 101 heavy (non-hydrogen) atoms. The Morgan fingerprint density at radius 3 is 1.45 bits per heavy atom. The van der Waals surface area contributed by atoms with Crippen LogP contribution in [0.15, 0.2) is 127 Å². The predicted molar refractivity (Wildman–Crippen MR) is 357 cm³/mol. The SMILES string of the molecule is CC1(C)C/C(=C\C(=O)Nc2ccc3c(c2)NS(=O)(=O)N(CCO)C3)c2ccc(C(F)(F)F)cc2O1.CN1Cc2ccc(NC(=O)/C=C3\CC(C)(C)Oc4cc(C(F)(F)F)ccc43)cc2NS1(=O)=O.O=C(/C=C1\CC2(CCC2)Oc2cc(C(F)(F)F)ccc21)Nc1cccc2c1CNS(=O)(=O)N2. The van der Waals surface area contributed by atoms with Crippen LogP contribution in [0, 0.1) is 0 Å². The number of carbonyl (C=O) groups excluding carboxylic acids is 3. The Morgan fingerprint density at radius 1 is 0.545 bits per heavy atom. The first-order valence-electron chi connectivity index (χ1n) is 31.1. The van der Waals surface area contributed by atoms with E-state index in [4.69, 9.17) is 19.3 Å². The van der Waals surface area contributed by atoms with Crippen LogP contribution >= 0.6 is 0 Å². The minimum Gasteiger partial charge on any atom is -0.487 e. The highest BCUT2D eigenvalue weighted by Gasteiger charge is 2.45. The van der Waals surface area contributed by atoms with E-state index in [0.29, 0.717) is 111 Å². The number of hydrogen-bond acceptors (Lipinski definition) is 13. The van der Waals surface area contributed by atoms with Crippen LogP contribution in [0.25, 0.3) is 16.7 Å². The zero-order valence-electron chi connectivity index (χ0n) is 54.3. The van der Waals surface area contributed by atoms with Crippen molar-refractivity contribution in [1.29, 1.82) is 0 Å². The Labute approximate surface area is 574 Å². The van der Waals surface area contributed by atoms with Gasteiger partial charge in [-0.2, -0.15) is 78.1 Å². The van der Waals surface area contributed by atoms with E-state index < -0.39 is 100 Å². The number of aliphatic hydroxyl groups excluding tert-OH is 1. The smallest absolute Gasteiger partial charge is 0.416 e. The van der Waals surface area contributed by atoms with Crippen molar-refractivity contribution in [2.75, 3.05) is 50.3 Å². The molecule has 0 saturated heterocycles. The van der Waals surface area contributed by atoms with E-state index in [1.807, 2.05) is 0 Å². The second kappa shape index (κ2) is 27.0. The van der Waals surface area contributed by atoms with E-state index in [-0.39, 0.29) is 50.0 Å². The summed E-state index contributed by atoms with van der Waals surface area (Å²) in [6, 6.07) is 24.2. The second-order valence-electron chi connectivity index (χ2n) is 26.0. The molecule has 8 N–H and O–H groups in total. The molecule has 0 radical (unpaired) electrons. The molecule has 6 aromatic rings. The molecule has 538 valence electrons. The number of nitrogens with zero attached hydrogens (tertiary/aromatic N) is 2. The normalized spacial score (nSPS) is 20.4. The zero-order chi connectivity index (χ0) is 73.2. The van der Waals surface area contributed by atoms with Crippen molar-refractivity contribution in [1.82, 2.24) is 13.3 Å². The molecule has 34 heteroatoms. The Hall–Kier alpha value is -9.19. The highest BCUT2D eigenvalue weighted by Crippen LogP contribution is 2.51. The van der Waals surface area contributed by atoms with Gasteiger partial charge in [0.25, 0.3) is 10.2 Å². The number of carbonyl (C=O) groups is 3. The third-order valence-electron chi connectivity index (χ3n) is 17.2. The van der Waals surface area contributed by atoms with Crippen molar-refractivity contribution in [3.8, 4) is 17.2 Å². The van der Waals surface area contributed by atoms with Gasteiger partial charge in [-0.15, -0.1) is 0 Å². The van der Waals surface area contributed by atoms with Crippen LogP contribution < -0.4 is 49.0 Å². The summed E-state index contributed by atoms with van der Waals surface area (Å²) in [6.45, 7) is 6.83. The average Bonchev–Trinajstić information content (AvgIpc) is 0.773. The molecule has 0 unspecified atom stereocenters. The first-order chi connectivity index (χ1) is 47.0. The highest BCUT2D eigenvalue weighted by molar-refractivity contribution is 7.91.